The number of carbonyl (C=O) groups is 2. The van der Waals surface area contributed by atoms with Crippen LogP contribution in [0.25, 0.3) is 5.65 Å². The highest BCUT2D eigenvalue weighted by Gasteiger charge is 2.23. The molecule has 1 aliphatic rings. The van der Waals surface area contributed by atoms with Crippen LogP contribution in [0.2, 0.25) is 0 Å². The molecule has 1 aliphatic heterocycles. The van der Waals surface area contributed by atoms with Crippen LogP contribution in [0.15, 0.2) is 79.1 Å². The molecule has 0 aliphatic carbocycles. The first-order valence-electron chi connectivity index (χ1n) is 11.1. The van der Waals surface area contributed by atoms with Crippen LogP contribution in [0.5, 0.6) is 5.75 Å². The summed E-state index contributed by atoms with van der Waals surface area (Å²) in [5, 5.41) is 5.70. The van der Waals surface area contributed by atoms with Gasteiger partial charge in [0.2, 0.25) is 0 Å². The summed E-state index contributed by atoms with van der Waals surface area (Å²) in [4.78, 5) is 29.4. The second-order valence-electron chi connectivity index (χ2n) is 8.04. The number of anilines is 2. The fourth-order valence-corrected chi connectivity index (χ4v) is 3.79. The standard InChI is InChI=1S/C26H24N4O4/c31-25(28-19-9-11-20(12-10-19)29-26(32)23-7-4-14-33-23)18-5-3-6-22(15-18)34-17-21-16-30-13-2-1-8-24(30)27-21/h1-3,5-6,8-13,15-16,23H,4,7,14,17H2,(H,28,31)(H,29,32). The van der Waals surface area contributed by atoms with E-state index in [1.807, 2.05) is 35.0 Å². The molecule has 4 aromatic rings. The Kier molecular flexibility index (Phi) is 6.22. The predicted molar refractivity (Wildman–Crippen MR) is 128 cm³/mol. The number of amides is 2. The number of hydrogen-bond donors (Lipinski definition) is 2. The molecule has 2 N–H and O–H groups in total. The third kappa shape index (κ3) is 5.07. The summed E-state index contributed by atoms with van der Waals surface area (Å²) in [5.74, 6) is 0.181. The Labute approximate surface area is 196 Å². The fraction of sp³-hybridized carbons (Fsp3) is 0.192. The Bertz CT molecular complexity index is 1280. The highest BCUT2D eigenvalue weighted by atomic mass is 16.5. The summed E-state index contributed by atoms with van der Waals surface area (Å²) < 4.78 is 13.2. The van der Waals surface area contributed by atoms with Crippen LogP contribution in [-0.2, 0) is 16.1 Å². The fourth-order valence-electron chi connectivity index (χ4n) is 3.79. The van der Waals surface area contributed by atoms with Crippen molar-refractivity contribution in [3.63, 3.8) is 0 Å². The number of hydrogen-bond acceptors (Lipinski definition) is 5. The highest BCUT2D eigenvalue weighted by molar-refractivity contribution is 6.04. The second-order valence-corrected chi connectivity index (χ2v) is 8.04. The van der Waals surface area contributed by atoms with Crippen molar-refractivity contribution in [2.75, 3.05) is 17.2 Å². The van der Waals surface area contributed by atoms with E-state index in [1.54, 1.807) is 48.5 Å². The van der Waals surface area contributed by atoms with Crippen molar-refractivity contribution < 1.29 is 19.1 Å². The number of fused-ring (bicyclic) bond motifs is 1. The van der Waals surface area contributed by atoms with E-state index in [2.05, 4.69) is 15.6 Å². The number of benzene rings is 2. The molecule has 2 aromatic heterocycles. The number of ether oxygens (including phenoxy) is 2. The van der Waals surface area contributed by atoms with Crippen LogP contribution in [0.3, 0.4) is 0 Å². The molecule has 1 unspecified atom stereocenters. The minimum atomic E-state index is -0.387. The number of rotatable bonds is 7. The number of imidazole rings is 1. The molecule has 5 rings (SSSR count). The Balaban J connectivity index is 1.17. The maximum atomic E-state index is 12.7. The van der Waals surface area contributed by atoms with Crippen molar-refractivity contribution in [2.24, 2.45) is 0 Å². The molecule has 0 spiro atoms. The zero-order valence-electron chi connectivity index (χ0n) is 18.4. The molecule has 0 bridgehead atoms. The van der Waals surface area contributed by atoms with Gasteiger partial charge in [-0.25, -0.2) is 4.98 Å². The first kappa shape index (κ1) is 21.7. The van der Waals surface area contributed by atoms with Crippen LogP contribution in [0.4, 0.5) is 11.4 Å². The third-order valence-corrected chi connectivity index (χ3v) is 5.53. The number of pyridine rings is 1. The molecule has 34 heavy (non-hydrogen) atoms. The van der Waals surface area contributed by atoms with Crippen LogP contribution in [-0.4, -0.2) is 33.9 Å². The molecule has 0 radical (unpaired) electrons. The Morgan fingerprint density at radius 2 is 1.85 bits per heavy atom. The van der Waals surface area contributed by atoms with E-state index in [1.165, 1.54) is 0 Å². The van der Waals surface area contributed by atoms with Gasteiger partial charge in [-0.05, 0) is 67.4 Å². The van der Waals surface area contributed by atoms with Crippen LogP contribution in [0, 0.1) is 0 Å². The quantitative estimate of drug-likeness (QED) is 0.433. The predicted octanol–water partition coefficient (Wildman–Crippen LogP) is 4.28. The number of nitrogens with zero attached hydrogens (tertiary/aromatic N) is 2. The van der Waals surface area contributed by atoms with E-state index in [9.17, 15) is 9.59 Å². The average Bonchev–Trinajstić information content (AvgIpc) is 3.54. The lowest BCUT2D eigenvalue weighted by Crippen LogP contribution is -2.26. The molecular weight excluding hydrogens is 432 g/mol. The molecule has 172 valence electrons. The summed E-state index contributed by atoms with van der Waals surface area (Å²) >= 11 is 0. The van der Waals surface area contributed by atoms with E-state index in [0.717, 1.165) is 24.2 Å². The maximum absolute atomic E-state index is 12.7. The molecule has 2 aromatic carbocycles. The number of aromatic nitrogens is 2. The Hall–Kier alpha value is -4.17. The summed E-state index contributed by atoms with van der Waals surface area (Å²) in [6.45, 7) is 0.918. The Morgan fingerprint density at radius 1 is 1.03 bits per heavy atom. The normalized spacial score (nSPS) is 15.2. The smallest absolute Gasteiger partial charge is 0.255 e. The molecule has 1 saturated heterocycles. The van der Waals surface area contributed by atoms with Gasteiger partial charge in [-0.2, -0.15) is 0 Å². The van der Waals surface area contributed by atoms with Crippen molar-refractivity contribution in [1.29, 1.82) is 0 Å². The van der Waals surface area contributed by atoms with E-state index in [0.29, 0.717) is 35.9 Å². The number of carbonyl (C=O) groups excluding carboxylic acids is 2. The summed E-state index contributed by atoms with van der Waals surface area (Å²) in [6.07, 6.45) is 5.10. The lowest BCUT2D eigenvalue weighted by molar-refractivity contribution is -0.124. The van der Waals surface area contributed by atoms with Crippen LogP contribution in [0.1, 0.15) is 28.9 Å². The van der Waals surface area contributed by atoms with Crippen molar-refractivity contribution in [3.8, 4) is 5.75 Å². The molecular formula is C26H24N4O4. The Morgan fingerprint density at radius 3 is 2.62 bits per heavy atom. The topological polar surface area (TPSA) is 94.0 Å². The van der Waals surface area contributed by atoms with Gasteiger partial charge in [-0.15, -0.1) is 0 Å². The summed E-state index contributed by atoms with van der Waals surface area (Å²) in [7, 11) is 0. The van der Waals surface area contributed by atoms with Gasteiger partial charge in [-0.3, -0.25) is 9.59 Å². The van der Waals surface area contributed by atoms with Gasteiger partial charge in [0.25, 0.3) is 11.8 Å². The SMILES string of the molecule is O=C(Nc1ccc(NC(=O)C2CCCO2)cc1)c1cccc(OCc2cn3ccccc3n2)c1. The zero-order chi connectivity index (χ0) is 23.3. The molecule has 3 heterocycles. The first-order valence-corrected chi connectivity index (χ1v) is 11.1. The minimum Gasteiger partial charge on any atom is -0.487 e. The van der Waals surface area contributed by atoms with Crippen molar-refractivity contribution in [1.82, 2.24) is 9.38 Å². The van der Waals surface area contributed by atoms with Gasteiger partial charge >= 0.3 is 0 Å². The maximum Gasteiger partial charge on any atom is 0.255 e. The van der Waals surface area contributed by atoms with Gasteiger partial charge in [0.05, 0.1) is 5.69 Å². The lowest BCUT2D eigenvalue weighted by Gasteiger charge is -2.11. The molecule has 2 amide bonds. The van der Waals surface area contributed by atoms with Crippen LogP contribution < -0.4 is 15.4 Å². The van der Waals surface area contributed by atoms with Gasteiger partial charge in [0.1, 0.15) is 24.1 Å². The molecule has 0 saturated carbocycles. The molecule has 1 fully saturated rings. The number of nitrogens with one attached hydrogen (secondary N) is 2. The van der Waals surface area contributed by atoms with Crippen molar-refractivity contribution in [3.05, 3.63) is 90.4 Å². The van der Waals surface area contributed by atoms with Gasteiger partial charge < -0.3 is 24.5 Å². The molecule has 8 heteroatoms. The van der Waals surface area contributed by atoms with E-state index in [-0.39, 0.29) is 17.9 Å². The molecule has 1 atom stereocenters. The summed E-state index contributed by atoms with van der Waals surface area (Å²) in [6, 6.07) is 19.8. The van der Waals surface area contributed by atoms with Crippen molar-refractivity contribution in [2.45, 2.75) is 25.6 Å². The average molecular weight is 457 g/mol. The van der Waals surface area contributed by atoms with Crippen LogP contribution >= 0.6 is 0 Å². The lowest BCUT2D eigenvalue weighted by atomic mass is 10.2. The zero-order valence-corrected chi connectivity index (χ0v) is 18.4. The van der Waals surface area contributed by atoms with E-state index >= 15 is 0 Å². The van der Waals surface area contributed by atoms with E-state index in [4.69, 9.17) is 9.47 Å². The van der Waals surface area contributed by atoms with Gasteiger partial charge in [0.15, 0.2) is 0 Å². The third-order valence-electron chi connectivity index (χ3n) is 5.53. The second kappa shape index (κ2) is 9.76. The van der Waals surface area contributed by atoms with Gasteiger partial charge in [0, 0.05) is 35.9 Å². The minimum absolute atomic E-state index is 0.144. The van der Waals surface area contributed by atoms with Gasteiger partial charge in [-0.1, -0.05) is 12.1 Å². The van der Waals surface area contributed by atoms with Crippen molar-refractivity contribution >= 4 is 28.8 Å². The highest BCUT2D eigenvalue weighted by Crippen LogP contribution is 2.20. The molecule has 8 nitrogen and oxygen atoms in total. The largest absolute Gasteiger partial charge is 0.487 e. The monoisotopic (exact) mass is 456 g/mol. The first-order chi connectivity index (χ1) is 16.6. The van der Waals surface area contributed by atoms with E-state index < -0.39 is 0 Å². The summed E-state index contributed by atoms with van der Waals surface area (Å²) in [5.41, 5.74) is 3.40.